The van der Waals surface area contributed by atoms with Gasteiger partial charge in [0.2, 0.25) is 0 Å². The van der Waals surface area contributed by atoms with Gasteiger partial charge in [-0.2, -0.15) is 0 Å². The average Bonchev–Trinajstić information content (AvgIpc) is 3.78. The number of fused-ring (bicyclic) bond motifs is 8. The molecule has 10 rings (SSSR count). The Labute approximate surface area is 443 Å². The van der Waals surface area contributed by atoms with Gasteiger partial charge >= 0.3 is 0 Å². The summed E-state index contributed by atoms with van der Waals surface area (Å²) >= 11 is 0. The van der Waals surface area contributed by atoms with Crippen molar-refractivity contribution in [2.24, 2.45) is 80.8 Å². The molecule has 0 N–H and O–H groups in total. The van der Waals surface area contributed by atoms with Gasteiger partial charge in [0.05, 0.1) is 0 Å². The summed E-state index contributed by atoms with van der Waals surface area (Å²) < 4.78 is 39.0. The summed E-state index contributed by atoms with van der Waals surface area (Å²) in [5.74, 6) is 7.94. The van der Waals surface area contributed by atoms with Crippen molar-refractivity contribution < 1.29 is 36.2 Å². The van der Waals surface area contributed by atoms with Crippen LogP contribution in [0.4, 0.5) is 0 Å². The number of pyridine rings is 2. The molecule has 2 aromatic heterocycles. The zero-order chi connectivity index (χ0) is 52.7. The van der Waals surface area contributed by atoms with Gasteiger partial charge < -0.3 is 9.11 Å². The van der Waals surface area contributed by atoms with Crippen LogP contribution in [-0.4, -0.2) is 29.1 Å². The van der Waals surface area contributed by atoms with E-state index >= 15 is 0 Å². The fourth-order valence-electron chi connectivity index (χ4n) is 18.3. The van der Waals surface area contributed by atoms with Crippen LogP contribution in [-0.2, 0) is 20.0 Å². The minimum Gasteiger partial charge on any atom is -0.759 e. The number of carbonyl (C=O) groups is 2. The molecular formula is C64H96N2O6S. The van der Waals surface area contributed by atoms with Gasteiger partial charge in [-0.1, -0.05) is 131 Å². The van der Waals surface area contributed by atoms with Crippen molar-refractivity contribution in [1.29, 1.82) is 0 Å². The number of carbonyl (C=O) groups excluding carboxylic acids is 2. The second kappa shape index (κ2) is 22.5. The molecule has 2 aromatic rings. The maximum atomic E-state index is 13.6. The standard InChI is InChI=1S/2C32H48NO.H2O4S/c2*1-22(2)10-9-11-23(3)28-21-29(34)30-26-13-12-24-20-25(33-18-7-6-8-19-33)14-16-31(24,4)27(26)15-17-32(28,30)5;1-5(2,3)4/h2*6-8,18-19,22-25,27-28H,9-17,20-21H2,1-5H3;(H2,1,2,3,4)/q2*+1;/p-2/t2*23-,24+,25+,27+,28-,31+,32-;/m11./s1. The molecule has 404 valence electrons. The Bertz CT molecular complexity index is 2270. The number of allylic oxidation sites excluding steroid dienone is 4. The smallest absolute Gasteiger partial charge is 0.169 e. The first-order valence-corrected chi connectivity index (χ1v) is 30.9. The Morgan fingerprint density at radius 3 is 1.23 bits per heavy atom. The summed E-state index contributed by atoms with van der Waals surface area (Å²) in [6.07, 6.45) is 36.4. The van der Waals surface area contributed by atoms with E-state index in [-0.39, 0.29) is 10.8 Å². The Morgan fingerprint density at radius 2 is 0.890 bits per heavy atom. The van der Waals surface area contributed by atoms with Crippen LogP contribution in [0.2, 0.25) is 0 Å². The highest BCUT2D eigenvalue weighted by Gasteiger charge is 2.60. The largest absolute Gasteiger partial charge is 0.759 e. The summed E-state index contributed by atoms with van der Waals surface area (Å²) in [5.41, 5.74) is 6.97. The monoisotopic (exact) mass is 1020 g/mol. The van der Waals surface area contributed by atoms with Gasteiger partial charge in [-0.3, -0.25) is 18.0 Å². The van der Waals surface area contributed by atoms with E-state index in [1.807, 2.05) is 0 Å². The van der Waals surface area contributed by atoms with Crippen molar-refractivity contribution in [3.05, 3.63) is 83.5 Å². The quantitative estimate of drug-likeness (QED) is 0.119. The van der Waals surface area contributed by atoms with Gasteiger partial charge in [-0.05, 0) is 145 Å². The normalized spacial score (nSPS) is 36.6. The first-order valence-electron chi connectivity index (χ1n) is 29.6. The number of hydrogen-bond acceptors (Lipinski definition) is 6. The number of aromatic nitrogens is 2. The van der Waals surface area contributed by atoms with Gasteiger partial charge in [0, 0.05) is 84.3 Å². The van der Waals surface area contributed by atoms with Crippen molar-refractivity contribution in [2.75, 3.05) is 0 Å². The molecule has 0 aliphatic heterocycles. The van der Waals surface area contributed by atoms with Crippen LogP contribution in [0, 0.1) is 80.8 Å². The van der Waals surface area contributed by atoms with Crippen molar-refractivity contribution in [3.63, 3.8) is 0 Å². The van der Waals surface area contributed by atoms with E-state index in [2.05, 4.69) is 140 Å². The highest BCUT2D eigenvalue weighted by molar-refractivity contribution is 7.79. The van der Waals surface area contributed by atoms with Gasteiger partial charge in [0.1, 0.15) is 0 Å². The van der Waals surface area contributed by atoms with Crippen molar-refractivity contribution >= 4 is 22.0 Å². The summed E-state index contributed by atoms with van der Waals surface area (Å²) in [5, 5.41) is 0. The second-order valence-electron chi connectivity index (χ2n) is 27.3. The molecule has 0 amide bonds. The first-order chi connectivity index (χ1) is 34.5. The lowest BCUT2D eigenvalue weighted by Crippen LogP contribution is -2.51. The van der Waals surface area contributed by atoms with E-state index in [4.69, 9.17) is 17.5 Å². The molecule has 8 nitrogen and oxygen atoms in total. The van der Waals surface area contributed by atoms with Crippen LogP contribution < -0.4 is 9.13 Å². The maximum Gasteiger partial charge on any atom is 0.169 e. The van der Waals surface area contributed by atoms with Crippen LogP contribution >= 0.6 is 0 Å². The number of ketones is 2. The van der Waals surface area contributed by atoms with Crippen molar-refractivity contribution in [2.45, 2.75) is 223 Å². The van der Waals surface area contributed by atoms with E-state index in [9.17, 15) is 9.59 Å². The Hall–Kier alpha value is -3.01. The van der Waals surface area contributed by atoms with Gasteiger partial charge in [-0.15, -0.1) is 0 Å². The highest BCUT2D eigenvalue weighted by atomic mass is 32.3. The summed E-state index contributed by atoms with van der Waals surface area (Å²) in [7, 11) is -5.17. The molecule has 0 radical (unpaired) electrons. The molecule has 0 aromatic carbocycles. The molecular weight excluding hydrogens is 925 g/mol. The zero-order valence-corrected chi connectivity index (χ0v) is 47.8. The van der Waals surface area contributed by atoms with Crippen molar-refractivity contribution in [1.82, 2.24) is 0 Å². The first kappa shape index (κ1) is 56.2. The highest BCUT2D eigenvalue weighted by Crippen LogP contribution is 2.67. The predicted octanol–water partition coefficient (Wildman–Crippen LogP) is 14.4. The van der Waals surface area contributed by atoms with Gasteiger partial charge in [0.15, 0.2) is 48.4 Å². The SMILES string of the molecule is CC(C)CCC[C@@H](C)[C@H]1CC(=O)C2=C3CC[C@H]4C[C@@H]([n+]5ccccc5)CC[C@]4(C)[C@H]3CC[C@@]21C.CC(C)CCC[C@@H](C)[C@H]1CC(=O)C2=C3CC[C@H]4C[C@@H]([n+]5ccccc5)CC[C@]4(C)[C@H]3CC[C@@]21C.O=S(=O)([O-])[O-]. The fraction of sp³-hybridized carbons (Fsp3) is 0.750. The molecule has 8 aliphatic carbocycles. The molecule has 73 heavy (non-hydrogen) atoms. The lowest BCUT2D eigenvalue weighted by atomic mass is 9.48. The molecule has 6 saturated carbocycles. The minimum atomic E-state index is -5.17. The predicted molar refractivity (Wildman–Crippen MR) is 289 cm³/mol. The molecule has 2 heterocycles. The van der Waals surface area contributed by atoms with E-state index in [1.165, 1.54) is 140 Å². The molecule has 0 unspecified atom stereocenters. The van der Waals surface area contributed by atoms with E-state index in [0.29, 0.717) is 70.0 Å². The number of Topliss-reactive ketones (excluding diaryl/α,β-unsaturated/α-hetero) is 2. The van der Waals surface area contributed by atoms with Gasteiger partial charge in [0.25, 0.3) is 0 Å². The second-order valence-corrected chi connectivity index (χ2v) is 28.1. The Morgan fingerprint density at radius 1 is 0.534 bits per heavy atom. The van der Waals surface area contributed by atoms with Crippen LogP contribution in [0.25, 0.3) is 0 Å². The molecule has 0 spiro atoms. The number of nitrogens with zero attached hydrogens (tertiary/aromatic N) is 2. The van der Waals surface area contributed by atoms with Crippen LogP contribution in [0.15, 0.2) is 83.5 Å². The molecule has 14 atom stereocenters. The van der Waals surface area contributed by atoms with E-state index < -0.39 is 10.4 Å². The fourth-order valence-corrected chi connectivity index (χ4v) is 18.3. The summed E-state index contributed by atoms with van der Waals surface area (Å²) in [6, 6.07) is 14.2. The molecule has 9 heteroatoms. The Balaban J connectivity index is 0.000000178. The van der Waals surface area contributed by atoms with E-state index in [1.54, 1.807) is 11.1 Å². The number of rotatable bonds is 12. The zero-order valence-electron chi connectivity index (χ0n) is 47.0. The number of hydrogen-bond donors (Lipinski definition) is 0. The van der Waals surface area contributed by atoms with Gasteiger partial charge in [-0.25, -0.2) is 9.13 Å². The van der Waals surface area contributed by atoms with Crippen LogP contribution in [0.3, 0.4) is 0 Å². The average molecular weight is 1020 g/mol. The minimum absolute atomic E-state index is 0.139. The van der Waals surface area contributed by atoms with Crippen molar-refractivity contribution in [3.8, 4) is 0 Å². The summed E-state index contributed by atoms with van der Waals surface area (Å²) in [4.78, 5) is 27.2. The van der Waals surface area contributed by atoms with Crippen LogP contribution in [0.1, 0.15) is 223 Å². The molecule has 0 saturated heterocycles. The molecule has 0 bridgehead atoms. The lowest BCUT2D eigenvalue weighted by molar-refractivity contribution is -0.728. The topological polar surface area (TPSA) is 122 Å². The maximum absolute atomic E-state index is 13.6. The van der Waals surface area contributed by atoms with E-state index in [0.717, 1.165) is 36.5 Å². The third kappa shape index (κ3) is 11.7. The Kier molecular flexibility index (Phi) is 17.3. The summed E-state index contributed by atoms with van der Waals surface area (Å²) in [6.45, 7) is 24.4. The molecule has 8 aliphatic rings. The molecule has 6 fully saturated rings. The van der Waals surface area contributed by atoms with Crippen LogP contribution in [0.5, 0.6) is 0 Å². The lowest BCUT2D eigenvalue weighted by Gasteiger charge is -2.56. The third-order valence-electron chi connectivity index (χ3n) is 22.2. The third-order valence-corrected chi connectivity index (χ3v) is 22.2.